The van der Waals surface area contributed by atoms with Crippen LogP contribution in [0.15, 0.2) is 66.7 Å². The molecule has 0 unspecified atom stereocenters. The Morgan fingerprint density at radius 2 is 1.54 bits per heavy atom. The number of ether oxygens (including phenoxy) is 3. The number of fused-ring (bicyclic) bond motifs is 1. The quantitative estimate of drug-likeness (QED) is 0.320. The molecule has 0 atom stereocenters. The van der Waals surface area contributed by atoms with Crippen LogP contribution in [0, 0.1) is 0 Å². The molecule has 3 aromatic rings. The van der Waals surface area contributed by atoms with Crippen LogP contribution in [0.2, 0.25) is 0 Å². The monoisotopic (exact) mass is 501 g/mol. The van der Waals surface area contributed by atoms with Crippen LogP contribution in [0.5, 0.6) is 23.0 Å². The zero-order valence-electron chi connectivity index (χ0n) is 21.2. The van der Waals surface area contributed by atoms with Gasteiger partial charge in [-0.05, 0) is 55.9 Å². The van der Waals surface area contributed by atoms with Gasteiger partial charge < -0.3 is 24.0 Å². The van der Waals surface area contributed by atoms with Gasteiger partial charge in [-0.25, -0.2) is 4.90 Å². The van der Waals surface area contributed by atoms with Gasteiger partial charge >= 0.3 is 0 Å². The van der Waals surface area contributed by atoms with E-state index in [1.165, 1.54) is 0 Å². The van der Waals surface area contributed by atoms with Gasteiger partial charge in [0.2, 0.25) is 0 Å². The minimum atomic E-state index is -0.401. The molecule has 2 aliphatic heterocycles. The second-order valence-electron chi connectivity index (χ2n) is 9.25. The maximum absolute atomic E-state index is 13.2. The van der Waals surface area contributed by atoms with E-state index in [0.29, 0.717) is 46.4 Å². The lowest BCUT2D eigenvalue weighted by atomic mass is 10.1. The molecule has 37 heavy (non-hydrogen) atoms. The van der Waals surface area contributed by atoms with E-state index in [-0.39, 0.29) is 5.91 Å². The van der Waals surface area contributed by atoms with Crippen molar-refractivity contribution in [2.75, 3.05) is 58.4 Å². The van der Waals surface area contributed by atoms with Gasteiger partial charge in [0.05, 0.1) is 30.5 Å². The normalized spacial score (nSPS) is 16.1. The molecule has 1 saturated heterocycles. The predicted octanol–water partition coefficient (Wildman–Crippen LogP) is 4.30. The number of methoxy groups -OCH3 is 1. The van der Waals surface area contributed by atoms with Gasteiger partial charge in [0.1, 0.15) is 11.5 Å². The third-order valence-electron chi connectivity index (χ3n) is 6.71. The number of benzene rings is 3. The zero-order chi connectivity index (χ0) is 25.8. The average Bonchev–Trinajstić information content (AvgIpc) is 3.17. The first-order valence-corrected chi connectivity index (χ1v) is 12.5. The molecule has 0 N–H and O–H groups in total. The third-order valence-corrected chi connectivity index (χ3v) is 6.71. The molecule has 0 aromatic heterocycles. The van der Waals surface area contributed by atoms with Gasteiger partial charge in [-0.3, -0.25) is 9.59 Å². The van der Waals surface area contributed by atoms with E-state index in [1.54, 1.807) is 43.5 Å². The van der Waals surface area contributed by atoms with E-state index < -0.39 is 5.91 Å². The summed E-state index contributed by atoms with van der Waals surface area (Å²) in [4.78, 5) is 32.3. The molecule has 0 aliphatic carbocycles. The number of nitrogens with zero attached hydrogens (tertiary/aromatic N) is 3. The number of piperazine rings is 1. The van der Waals surface area contributed by atoms with Crippen molar-refractivity contribution in [3.63, 3.8) is 0 Å². The molecule has 1 fully saturated rings. The number of likely N-dealkylation sites (N-methyl/N-ethyl adjacent to an activating group) is 1. The number of carbonyl (C=O) groups is 2. The summed E-state index contributed by atoms with van der Waals surface area (Å²) < 4.78 is 17.4. The molecule has 3 aromatic carbocycles. The van der Waals surface area contributed by atoms with Gasteiger partial charge in [-0.1, -0.05) is 18.2 Å². The van der Waals surface area contributed by atoms with E-state index >= 15 is 0 Å². The maximum atomic E-state index is 13.2. The summed E-state index contributed by atoms with van der Waals surface area (Å²) in [5.41, 5.74) is 1.08. The number of carbonyl (C=O) groups excluding carboxylic acids is 2. The van der Waals surface area contributed by atoms with Gasteiger partial charge in [0, 0.05) is 38.8 Å². The summed E-state index contributed by atoms with van der Waals surface area (Å²) >= 11 is 0. The van der Waals surface area contributed by atoms with Crippen LogP contribution in [-0.2, 0) is 0 Å². The van der Waals surface area contributed by atoms with Crippen LogP contribution in [0.4, 0.5) is 5.69 Å². The number of hydrogen-bond acceptors (Lipinski definition) is 7. The Hall–Kier alpha value is -3.88. The number of hydrogen-bond donors (Lipinski definition) is 0. The van der Waals surface area contributed by atoms with E-state index in [1.807, 2.05) is 30.3 Å². The van der Waals surface area contributed by atoms with Gasteiger partial charge in [-0.15, -0.1) is 0 Å². The highest BCUT2D eigenvalue weighted by Gasteiger charge is 2.37. The summed E-state index contributed by atoms with van der Waals surface area (Å²) in [5.74, 6) is 1.42. The average molecular weight is 502 g/mol. The Morgan fingerprint density at radius 1 is 0.784 bits per heavy atom. The van der Waals surface area contributed by atoms with E-state index in [2.05, 4.69) is 16.8 Å². The Balaban J connectivity index is 1.25. The van der Waals surface area contributed by atoms with Crippen LogP contribution in [0.3, 0.4) is 0 Å². The van der Waals surface area contributed by atoms with Crippen molar-refractivity contribution in [3.8, 4) is 23.0 Å². The molecular formula is C29H31N3O5. The van der Waals surface area contributed by atoms with Crippen LogP contribution in [-0.4, -0.2) is 75.1 Å². The third kappa shape index (κ3) is 5.45. The first-order chi connectivity index (χ1) is 18.0. The number of imide groups is 1. The van der Waals surface area contributed by atoms with Crippen LogP contribution >= 0.6 is 0 Å². The van der Waals surface area contributed by atoms with Gasteiger partial charge in [0.25, 0.3) is 11.8 Å². The van der Waals surface area contributed by atoms with Crippen molar-refractivity contribution in [3.05, 3.63) is 77.9 Å². The number of rotatable bonds is 9. The van der Waals surface area contributed by atoms with E-state index in [4.69, 9.17) is 14.2 Å². The second-order valence-corrected chi connectivity index (χ2v) is 9.25. The Kier molecular flexibility index (Phi) is 7.39. The number of para-hydroxylation sites is 1. The zero-order valence-corrected chi connectivity index (χ0v) is 21.2. The fourth-order valence-corrected chi connectivity index (χ4v) is 4.60. The van der Waals surface area contributed by atoms with Crippen molar-refractivity contribution >= 4 is 17.5 Å². The van der Waals surface area contributed by atoms with Crippen molar-refractivity contribution in [1.82, 2.24) is 9.80 Å². The Morgan fingerprint density at radius 3 is 2.30 bits per heavy atom. The fourth-order valence-electron chi connectivity index (χ4n) is 4.60. The predicted molar refractivity (Wildman–Crippen MR) is 141 cm³/mol. The summed E-state index contributed by atoms with van der Waals surface area (Å²) in [6.07, 6.45) is 0.903. The molecule has 8 heteroatoms. The van der Waals surface area contributed by atoms with Crippen molar-refractivity contribution in [2.24, 2.45) is 0 Å². The summed E-state index contributed by atoms with van der Waals surface area (Å²) in [6, 6.07) is 19.3. The summed E-state index contributed by atoms with van der Waals surface area (Å²) in [7, 11) is 3.70. The minimum Gasteiger partial charge on any atom is -0.493 e. The van der Waals surface area contributed by atoms with Crippen molar-refractivity contribution in [2.45, 2.75) is 6.42 Å². The first kappa shape index (κ1) is 24.8. The molecule has 2 heterocycles. The van der Waals surface area contributed by atoms with E-state index in [0.717, 1.165) is 44.0 Å². The second kappa shape index (κ2) is 11.0. The molecule has 0 saturated carbocycles. The summed E-state index contributed by atoms with van der Waals surface area (Å²) in [5, 5.41) is 0. The minimum absolute atomic E-state index is 0.307. The molecule has 0 bridgehead atoms. The standard InChI is InChI=1S/C29H31N3O5/c1-30-14-16-31(17-15-30)13-6-18-36-26-12-9-21(19-27(26)35-2)32-28(33)24-11-10-23(20-25(24)29(32)34)37-22-7-4-3-5-8-22/h3-5,7-12,19-20H,6,13-18H2,1-2H3. The highest BCUT2D eigenvalue weighted by molar-refractivity contribution is 6.34. The number of amides is 2. The maximum Gasteiger partial charge on any atom is 0.266 e. The van der Waals surface area contributed by atoms with Gasteiger partial charge in [-0.2, -0.15) is 0 Å². The molecule has 5 rings (SSSR count). The molecule has 2 aliphatic rings. The van der Waals surface area contributed by atoms with Crippen molar-refractivity contribution in [1.29, 1.82) is 0 Å². The van der Waals surface area contributed by atoms with Crippen LogP contribution in [0.25, 0.3) is 0 Å². The lowest BCUT2D eigenvalue weighted by Crippen LogP contribution is -2.44. The lowest BCUT2D eigenvalue weighted by molar-refractivity contribution is 0.0926. The lowest BCUT2D eigenvalue weighted by Gasteiger charge is -2.32. The molecule has 192 valence electrons. The molecule has 2 amide bonds. The highest BCUT2D eigenvalue weighted by atomic mass is 16.5. The first-order valence-electron chi connectivity index (χ1n) is 12.5. The molecule has 0 spiro atoms. The Labute approximate surface area is 216 Å². The molecular weight excluding hydrogens is 470 g/mol. The van der Waals surface area contributed by atoms with Gasteiger partial charge in [0.15, 0.2) is 11.5 Å². The topological polar surface area (TPSA) is 71.5 Å². The summed E-state index contributed by atoms with van der Waals surface area (Å²) in [6.45, 7) is 5.88. The molecule has 8 nitrogen and oxygen atoms in total. The Bertz CT molecular complexity index is 1270. The van der Waals surface area contributed by atoms with Crippen LogP contribution < -0.4 is 19.1 Å². The highest BCUT2D eigenvalue weighted by Crippen LogP contribution is 2.37. The largest absolute Gasteiger partial charge is 0.493 e. The SMILES string of the molecule is COc1cc(N2C(=O)c3ccc(Oc4ccccc4)cc3C2=O)ccc1OCCCN1CCN(C)CC1. The van der Waals surface area contributed by atoms with Crippen molar-refractivity contribution < 1.29 is 23.8 Å². The fraction of sp³-hybridized carbons (Fsp3) is 0.310. The molecule has 0 radical (unpaired) electrons. The van der Waals surface area contributed by atoms with E-state index in [9.17, 15) is 9.59 Å². The smallest absolute Gasteiger partial charge is 0.266 e. The number of anilines is 1. The van der Waals surface area contributed by atoms with Crippen LogP contribution in [0.1, 0.15) is 27.1 Å².